The van der Waals surface area contributed by atoms with Gasteiger partial charge in [-0.15, -0.1) is 0 Å². The first-order chi connectivity index (χ1) is 10.2. The lowest BCUT2D eigenvalue weighted by Crippen LogP contribution is -1.79. The Morgan fingerprint density at radius 3 is 2.48 bits per heavy atom. The van der Waals surface area contributed by atoms with Gasteiger partial charge in [-0.2, -0.15) is 0 Å². The number of fused-ring (bicyclic) bond motifs is 3. The molecule has 0 fully saturated rings. The molecule has 3 aromatic carbocycles. The van der Waals surface area contributed by atoms with E-state index in [9.17, 15) is 0 Å². The highest BCUT2D eigenvalue weighted by molar-refractivity contribution is 9.10. The van der Waals surface area contributed by atoms with Crippen LogP contribution in [0.15, 0.2) is 69.6 Å². The topological polar surface area (TPSA) is 13.1 Å². The number of halogens is 2. The Kier molecular flexibility index (Phi) is 3.02. The van der Waals surface area contributed by atoms with Crippen LogP contribution in [0.1, 0.15) is 0 Å². The summed E-state index contributed by atoms with van der Waals surface area (Å²) in [6.45, 7) is 0. The van der Waals surface area contributed by atoms with Gasteiger partial charge in [0.1, 0.15) is 11.2 Å². The maximum absolute atomic E-state index is 5.98. The average molecular weight is 358 g/mol. The zero-order chi connectivity index (χ0) is 14.4. The summed E-state index contributed by atoms with van der Waals surface area (Å²) in [6.07, 6.45) is 0. The van der Waals surface area contributed by atoms with E-state index < -0.39 is 0 Å². The van der Waals surface area contributed by atoms with E-state index in [2.05, 4.69) is 28.1 Å². The second kappa shape index (κ2) is 4.90. The summed E-state index contributed by atoms with van der Waals surface area (Å²) in [7, 11) is 0. The molecule has 0 atom stereocenters. The minimum atomic E-state index is 0.743. The third-order valence-electron chi connectivity index (χ3n) is 3.61. The Balaban J connectivity index is 2.09. The molecule has 0 aliphatic carbocycles. The van der Waals surface area contributed by atoms with E-state index in [0.717, 1.165) is 42.6 Å². The zero-order valence-corrected chi connectivity index (χ0v) is 13.3. The van der Waals surface area contributed by atoms with Gasteiger partial charge < -0.3 is 4.42 Å². The molecule has 0 saturated heterocycles. The summed E-state index contributed by atoms with van der Waals surface area (Å²) in [5.41, 5.74) is 4.08. The molecular weight excluding hydrogens is 348 g/mol. The fourth-order valence-corrected chi connectivity index (χ4v) is 3.14. The van der Waals surface area contributed by atoms with Crippen molar-refractivity contribution in [2.24, 2.45) is 0 Å². The minimum absolute atomic E-state index is 0.743. The van der Waals surface area contributed by atoms with Crippen molar-refractivity contribution >= 4 is 49.5 Å². The fraction of sp³-hybridized carbons (Fsp3) is 0. The third-order valence-corrected chi connectivity index (χ3v) is 4.36. The van der Waals surface area contributed by atoms with Crippen molar-refractivity contribution in [3.63, 3.8) is 0 Å². The quantitative estimate of drug-likeness (QED) is 0.371. The van der Waals surface area contributed by atoms with E-state index in [4.69, 9.17) is 16.0 Å². The van der Waals surface area contributed by atoms with Gasteiger partial charge in [-0.1, -0.05) is 51.8 Å². The number of hydrogen-bond acceptors (Lipinski definition) is 1. The Labute approximate surface area is 135 Å². The van der Waals surface area contributed by atoms with Crippen LogP contribution < -0.4 is 0 Å². The summed E-state index contributed by atoms with van der Waals surface area (Å²) in [6, 6.07) is 20.2. The molecule has 0 N–H and O–H groups in total. The lowest BCUT2D eigenvalue weighted by molar-refractivity contribution is 0.669. The SMILES string of the molecule is Clc1ccc(-c2cccc3oc4cc(Br)ccc4c23)cc1. The van der Waals surface area contributed by atoms with Crippen molar-refractivity contribution < 1.29 is 4.42 Å². The van der Waals surface area contributed by atoms with Gasteiger partial charge in [0, 0.05) is 20.3 Å². The molecule has 4 aromatic rings. The molecule has 102 valence electrons. The van der Waals surface area contributed by atoms with Crippen LogP contribution in [-0.4, -0.2) is 0 Å². The van der Waals surface area contributed by atoms with E-state index in [0.29, 0.717) is 0 Å². The van der Waals surface area contributed by atoms with Crippen molar-refractivity contribution in [3.8, 4) is 11.1 Å². The molecule has 4 rings (SSSR count). The van der Waals surface area contributed by atoms with Crippen molar-refractivity contribution in [1.82, 2.24) is 0 Å². The van der Waals surface area contributed by atoms with E-state index in [1.807, 2.05) is 48.5 Å². The summed E-state index contributed by atoms with van der Waals surface area (Å²) < 4.78 is 6.98. The Morgan fingerprint density at radius 1 is 0.857 bits per heavy atom. The predicted molar refractivity (Wildman–Crippen MR) is 91.9 cm³/mol. The largest absolute Gasteiger partial charge is 0.456 e. The minimum Gasteiger partial charge on any atom is -0.456 e. The lowest BCUT2D eigenvalue weighted by atomic mass is 10.00. The average Bonchev–Trinajstić information content (AvgIpc) is 2.85. The monoisotopic (exact) mass is 356 g/mol. The molecule has 0 unspecified atom stereocenters. The molecule has 1 heterocycles. The Morgan fingerprint density at radius 2 is 1.67 bits per heavy atom. The van der Waals surface area contributed by atoms with Crippen LogP contribution in [0.25, 0.3) is 33.1 Å². The number of furan rings is 1. The van der Waals surface area contributed by atoms with Crippen LogP contribution in [-0.2, 0) is 0 Å². The molecule has 1 aromatic heterocycles. The molecule has 0 aliphatic heterocycles. The van der Waals surface area contributed by atoms with Gasteiger partial charge in [0.2, 0.25) is 0 Å². The predicted octanol–water partition coefficient (Wildman–Crippen LogP) is 6.67. The van der Waals surface area contributed by atoms with E-state index in [1.165, 1.54) is 0 Å². The number of rotatable bonds is 1. The summed E-state index contributed by atoms with van der Waals surface area (Å²) in [4.78, 5) is 0. The molecule has 0 radical (unpaired) electrons. The van der Waals surface area contributed by atoms with Crippen molar-refractivity contribution in [1.29, 1.82) is 0 Å². The van der Waals surface area contributed by atoms with Gasteiger partial charge in [0.05, 0.1) is 0 Å². The summed E-state index contributed by atoms with van der Waals surface area (Å²) in [5, 5.41) is 3.01. The van der Waals surface area contributed by atoms with Gasteiger partial charge in [0.25, 0.3) is 0 Å². The maximum atomic E-state index is 5.98. The highest BCUT2D eigenvalue weighted by atomic mass is 79.9. The molecule has 3 heteroatoms. The van der Waals surface area contributed by atoms with Crippen LogP contribution in [0.2, 0.25) is 5.02 Å². The van der Waals surface area contributed by atoms with Gasteiger partial charge in [0.15, 0.2) is 0 Å². The van der Waals surface area contributed by atoms with Crippen molar-refractivity contribution in [2.45, 2.75) is 0 Å². The third kappa shape index (κ3) is 2.15. The number of benzene rings is 3. The van der Waals surface area contributed by atoms with Gasteiger partial charge in [-0.25, -0.2) is 0 Å². The highest BCUT2D eigenvalue weighted by Crippen LogP contribution is 2.37. The Bertz CT molecular complexity index is 954. The van der Waals surface area contributed by atoms with Gasteiger partial charge in [-0.05, 0) is 47.5 Å². The normalized spacial score (nSPS) is 11.3. The first-order valence-electron chi connectivity index (χ1n) is 6.59. The summed E-state index contributed by atoms with van der Waals surface area (Å²) in [5.74, 6) is 0. The molecule has 0 amide bonds. The van der Waals surface area contributed by atoms with E-state index in [1.54, 1.807) is 0 Å². The first-order valence-corrected chi connectivity index (χ1v) is 7.76. The molecular formula is C18H10BrClO. The van der Waals surface area contributed by atoms with E-state index in [-0.39, 0.29) is 0 Å². The molecule has 1 nitrogen and oxygen atoms in total. The zero-order valence-electron chi connectivity index (χ0n) is 10.9. The second-order valence-corrected chi connectivity index (χ2v) is 6.28. The summed E-state index contributed by atoms with van der Waals surface area (Å²) >= 11 is 9.47. The van der Waals surface area contributed by atoms with Crippen LogP contribution >= 0.6 is 27.5 Å². The number of hydrogen-bond donors (Lipinski definition) is 0. The van der Waals surface area contributed by atoms with Crippen LogP contribution in [0, 0.1) is 0 Å². The first kappa shape index (κ1) is 12.9. The lowest BCUT2D eigenvalue weighted by Gasteiger charge is -2.04. The second-order valence-electron chi connectivity index (χ2n) is 4.93. The van der Waals surface area contributed by atoms with E-state index >= 15 is 0 Å². The van der Waals surface area contributed by atoms with Crippen LogP contribution in [0.4, 0.5) is 0 Å². The molecule has 21 heavy (non-hydrogen) atoms. The maximum Gasteiger partial charge on any atom is 0.136 e. The molecule has 0 saturated carbocycles. The highest BCUT2D eigenvalue weighted by Gasteiger charge is 2.12. The fourth-order valence-electron chi connectivity index (χ4n) is 2.67. The van der Waals surface area contributed by atoms with Crippen molar-refractivity contribution in [2.75, 3.05) is 0 Å². The van der Waals surface area contributed by atoms with Crippen LogP contribution in [0.5, 0.6) is 0 Å². The van der Waals surface area contributed by atoms with Crippen molar-refractivity contribution in [3.05, 3.63) is 70.2 Å². The molecule has 0 spiro atoms. The van der Waals surface area contributed by atoms with Crippen LogP contribution in [0.3, 0.4) is 0 Å². The van der Waals surface area contributed by atoms with Gasteiger partial charge in [-0.3, -0.25) is 0 Å². The van der Waals surface area contributed by atoms with Gasteiger partial charge >= 0.3 is 0 Å². The standard InChI is InChI=1S/C18H10BrClO/c19-12-6-9-15-17(10-12)21-16-3-1-2-14(18(15)16)11-4-7-13(20)8-5-11/h1-10H. The smallest absolute Gasteiger partial charge is 0.136 e. The molecule has 0 bridgehead atoms. The molecule has 0 aliphatic rings. The Hall–Kier alpha value is -1.77.